The summed E-state index contributed by atoms with van der Waals surface area (Å²) in [5, 5.41) is 8.84. The van der Waals surface area contributed by atoms with E-state index in [-0.39, 0.29) is 5.91 Å². The average Bonchev–Trinajstić information content (AvgIpc) is 2.83. The first-order chi connectivity index (χ1) is 9.11. The highest BCUT2D eigenvalue weighted by atomic mass is 16.3. The molecule has 0 atom stereocenters. The number of benzene rings is 1. The minimum Gasteiger partial charge on any atom is -0.469 e. The number of amides is 1. The van der Waals surface area contributed by atoms with Gasteiger partial charge in [-0.3, -0.25) is 4.79 Å². The highest BCUT2D eigenvalue weighted by Gasteiger charge is 2.14. The summed E-state index contributed by atoms with van der Waals surface area (Å²) in [6, 6.07) is 10.6. The number of rotatable bonds is 3. The van der Waals surface area contributed by atoms with Gasteiger partial charge >= 0.3 is 0 Å². The fourth-order valence-corrected chi connectivity index (χ4v) is 1.84. The van der Waals surface area contributed by atoms with Crippen LogP contribution in [-0.4, -0.2) is 17.9 Å². The van der Waals surface area contributed by atoms with Crippen LogP contribution in [0.2, 0.25) is 0 Å². The van der Waals surface area contributed by atoms with Crippen molar-refractivity contribution in [3.05, 3.63) is 59.0 Å². The van der Waals surface area contributed by atoms with E-state index in [1.165, 1.54) is 0 Å². The third-order valence-electron chi connectivity index (χ3n) is 2.96. The van der Waals surface area contributed by atoms with Crippen LogP contribution in [0, 0.1) is 18.3 Å². The van der Waals surface area contributed by atoms with Gasteiger partial charge in [0, 0.05) is 24.7 Å². The predicted molar refractivity (Wildman–Crippen MR) is 70.4 cm³/mol. The minimum absolute atomic E-state index is 0.113. The van der Waals surface area contributed by atoms with Crippen molar-refractivity contribution in [3.8, 4) is 6.07 Å². The third-order valence-corrected chi connectivity index (χ3v) is 2.96. The molecule has 0 aliphatic heterocycles. The Kier molecular flexibility index (Phi) is 3.67. The minimum atomic E-state index is -0.113. The van der Waals surface area contributed by atoms with Crippen LogP contribution in [0.1, 0.15) is 27.2 Å². The maximum atomic E-state index is 12.2. The summed E-state index contributed by atoms with van der Waals surface area (Å²) >= 11 is 0. The number of hydrogen-bond acceptors (Lipinski definition) is 3. The van der Waals surface area contributed by atoms with Gasteiger partial charge in [0.1, 0.15) is 5.76 Å². The van der Waals surface area contributed by atoms with Crippen molar-refractivity contribution >= 4 is 5.91 Å². The maximum Gasteiger partial charge on any atom is 0.253 e. The second kappa shape index (κ2) is 5.40. The molecule has 0 aliphatic rings. The van der Waals surface area contributed by atoms with E-state index in [9.17, 15) is 4.79 Å². The Hall–Kier alpha value is -2.54. The molecule has 1 amide bonds. The summed E-state index contributed by atoms with van der Waals surface area (Å²) in [5.74, 6) is 0.697. The van der Waals surface area contributed by atoms with E-state index >= 15 is 0 Å². The van der Waals surface area contributed by atoms with E-state index in [2.05, 4.69) is 0 Å². The lowest BCUT2D eigenvalue weighted by Crippen LogP contribution is -2.26. The molecule has 0 unspecified atom stereocenters. The van der Waals surface area contributed by atoms with E-state index < -0.39 is 0 Å². The molecule has 0 aliphatic carbocycles. The van der Waals surface area contributed by atoms with Crippen LogP contribution in [0.25, 0.3) is 0 Å². The number of nitriles is 1. The van der Waals surface area contributed by atoms with E-state index in [0.29, 0.717) is 17.7 Å². The quantitative estimate of drug-likeness (QED) is 0.846. The Morgan fingerprint density at radius 1 is 1.42 bits per heavy atom. The van der Waals surface area contributed by atoms with Gasteiger partial charge in [-0.25, -0.2) is 0 Å². The van der Waals surface area contributed by atoms with Crippen molar-refractivity contribution in [1.29, 1.82) is 5.26 Å². The van der Waals surface area contributed by atoms with Crippen molar-refractivity contribution in [3.63, 3.8) is 0 Å². The van der Waals surface area contributed by atoms with Crippen LogP contribution < -0.4 is 0 Å². The molecule has 4 heteroatoms. The Bertz CT molecular complexity index is 638. The summed E-state index contributed by atoms with van der Waals surface area (Å²) < 4.78 is 5.21. The molecule has 0 bridgehead atoms. The van der Waals surface area contributed by atoms with E-state index in [1.54, 1.807) is 42.5 Å². The van der Waals surface area contributed by atoms with Crippen LogP contribution >= 0.6 is 0 Å². The zero-order valence-corrected chi connectivity index (χ0v) is 10.9. The largest absolute Gasteiger partial charge is 0.469 e. The average molecular weight is 254 g/mol. The Balaban J connectivity index is 2.15. The molecular weight excluding hydrogens is 240 g/mol. The monoisotopic (exact) mass is 254 g/mol. The number of furan rings is 1. The molecule has 1 heterocycles. The van der Waals surface area contributed by atoms with Crippen molar-refractivity contribution < 1.29 is 9.21 Å². The second-order valence-electron chi connectivity index (χ2n) is 4.36. The van der Waals surface area contributed by atoms with E-state index in [0.717, 1.165) is 11.3 Å². The second-order valence-corrected chi connectivity index (χ2v) is 4.36. The summed E-state index contributed by atoms with van der Waals surface area (Å²) in [7, 11) is 1.73. The molecule has 96 valence electrons. The zero-order valence-electron chi connectivity index (χ0n) is 10.9. The van der Waals surface area contributed by atoms with Crippen LogP contribution in [0.15, 0.2) is 41.0 Å². The lowest BCUT2D eigenvalue weighted by Gasteiger charge is -2.16. The first kappa shape index (κ1) is 12.9. The van der Waals surface area contributed by atoms with E-state index in [1.807, 2.05) is 19.1 Å². The highest BCUT2D eigenvalue weighted by Crippen LogP contribution is 2.13. The fraction of sp³-hybridized carbons (Fsp3) is 0.200. The Morgan fingerprint density at radius 3 is 2.84 bits per heavy atom. The molecule has 1 aromatic carbocycles. The van der Waals surface area contributed by atoms with E-state index in [4.69, 9.17) is 9.68 Å². The molecule has 2 rings (SSSR count). The number of nitrogens with zero attached hydrogens (tertiary/aromatic N) is 2. The van der Waals surface area contributed by atoms with Gasteiger partial charge in [-0.1, -0.05) is 6.07 Å². The molecule has 4 nitrogen and oxygen atoms in total. The predicted octanol–water partition coefficient (Wildman–Crippen LogP) is 2.73. The Labute approximate surface area is 111 Å². The molecule has 0 radical (unpaired) electrons. The van der Waals surface area contributed by atoms with Crippen molar-refractivity contribution in [2.75, 3.05) is 7.05 Å². The maximum absolute atomic E-state index is 12.2. The summed E-state index contributed by atoms with van der Waals surface area (Å²) in [6.07, 6.45) is 1.61. The van der Waals surface area contributed by atoms with Crippen LogP contribution in [0.3, 0.4) is 0 Å². The van der Waals surface area contributed by atoms with Gasteiger partial charge in [-0.15, -0.1) is 0 Å². The normalized spacial score (nSPS) is 9.95. The van der Waals surface area contributed by atoms with Gasteiger partial charge in [-0.2, -0.15) is 5.26 Å². The van der Waals surface area contributed by atoms with Crippen LogP contribution in [-0.2, 0) is 6.54 Å². The molecule has 0 saturated heterocycles. The molecule has 0 fully saturated rings. The van der Waals surface area contributed by atoms with Crippen molar-refractivity contribution in [2.24, 2.45) is 0 Å². The topological polar surface area (TPSA) is 57.2 Å². The van der Waals surface area contributed by atoms with Crippen LogP contribution in [0.4, 0.5) is 0 Å². The summed E-state index contributed by atoms with van der Waals surface area (Å²) in [4.78, 5) is 13.8. The highest BCUT2D eigenvalue weighted by molar-refractivity contribution is 5.94. The van der Waals surface area contributed by atoms with Crippen LogP contribution in [0.5, 0.6) is 0 Å². The number of aryl methyl sites for hydroxylation is 1. The van der Waals surface area contributed by atoms with Gasteiger partial charge in [0.25, 0.3) is 5.91 Å². The SMILES string of the molecule is Cc1occc1CN(C)C(=O)c1cccc(C#N)c1. The first-order valence-corrected chi connectivity index (χ1v) is 5.90. The number of hydrogen-bond donors (Lipinski definition) is 0. The molecule has 19 heavy (non-hydrogen) atoms. The lowest BCUT2D eigenvalue weighted by molar-refractivity contribution is 0.0784. The molecule has 0 saturated carbocycles. The van der Waals surface area contributed by atoms with Gasteiger partial charge in [0.2, 0.25) is 0 Å². The zero-order chi connectivity index (χ0) is 13.8. The number of carbonyl (C=O) groups is 1. The van der Waals surface area contributed by atoms with Gasteiger partial charge in [-0.05, 0) is 31.2 Å². The summed E-state index contributed by atoms with van der Waals surface area (Å²) in [6.45, 7) is 2.35. The standard InChI is InChI=1S/C15H14N2O2/c1-11-14(6-7-19-11)10-17(2)15(18)13-5-3-4-12(8-13)9-16/h3-8H,10H2,1-2H3. The van der Waals surface area contributed by atoms with Crippen molar-refractivity contribution in [2.45, 2.75) is 13.5 Å². The summed E-state index contributed by atoms with van der Waals surface area (Å²) in [5.41, 5.74) is 1.98. The molecule has 0 N–H and O–H groups in total. The first-order valence-electron chi connectivity index (χ1n) is 5.90. The van der Waals surface area contributed by atoms with Gasteiger partial charge < -0.3 is 9.32 Å². The number of carbonyl (C=O) groups excluding carboxylic acids is 1. The fourth-order valence-electron chi connectivity index (χ4n) is 1.84. The molecule has 2 aromatic rings. The van der Waals surface area contributed by atoms with Crippen molar-refractivity contribution in [1.82, 2.24) is 4.90 Å². The lowest BCUT2D eigenvalue weighted by atomic mass is 10.1. The molecule has 0 spiro atoms. The van der Waals surface area contributed by atoms with Gasteiger partial charge in [0.15, 0.2) is 0 Å². The molecule has 1 aromatic heterocycles. The smallest absolute Gasteiger partial charge is 0.253 e. The van der Waals surface area contributed by atoms with Gasteiger partial charge in [0.05, 0.1) is 17.9 Å². The third kappa shape index (κ3) is 2.83. The molecular formula is C15H14N2O2. The Morgan fingerprint density at radius 2 is 2.21 bits per heavy atom.